The Hall–Kier alpha value is -1.63. The highest BCUT2D eigenvalue weighted by molar-refractivity contribution is 9.10. The molecule has 0 radical (unpaired) electrons. The average Bonchev–Trinajstić information content (AvgIpc) is 2.27. The number of esters is 1. The minimum Gasteiger partial charge on any atom is -0.504 e. The molecular formula is C10H8BrFO5. The van der Waals surface area contributed by atoms with Gasteiger partial charge in [-0.1, -0.05) is 0 Å². The molecule has 2 N–H and O–H groups in total. The van der Waals surface area contributed by atoms with E-state index in [2.05, 4.69) is 20.7 Å². The van der Waals surface area contributed by atoms with E-state index >= 15 is 0 Å². The lowest BCUT2D eigenvalue weighted by Gasteiger charge is -2.07. The van der Waals surface area contributed by atoms with Crippen molar-refractivity contribution < 1.29 is 28.9 Å². The number of phenols is 2. The molecule has 0 amide bonds. The average molecular weight is 307 g/mol. The van der Waals surface area contributed by atoms with E-state index in [1.807, 2.05) is 0 Å². The molecule has 0 bridgehead atoms. The predicted octanol–water partition coefficient (Wildman–Crippen LogP) is 1.75. The van der Waals surface area contributed by atoms with E-state index < -0.39 is 34.6 Å². The topological polar surface area (TPSA) is 83.8 Å². The van der Waals surface area contributed by atoms with E-state index in [1.165, 1.54) is 6.92 Å². The zero-order valence-electron chi connectivity index (χ0n) is 8.66. The first-order chi connectivity index (χ1) is 7.90. The predicted molar refractivity (Wildman–Crippen MR) is 58.4 cm³/mol. The molecule has 17 heavy (non-hydrogen) atoms. The molecule has 0 atom stereocenters. The number of rotatable bonds is 3. The molecule has 1 rings (SSSR count). The third-order valence-electron chi connectivity index (χ3n) is 1.86. The van der Waals surface area contributed by atoms with Gasteiger partial charge in [-0.2, -0.15) is 0 Å². The number of Topliss-reactive ketones (excluding diaryl/α,β-unsaturated/α-hetero) is 1. The Bertz CT molecular complexity index is 460. The summed E-state index contributed by atoms with van der Waals surface area (Å²) in [6, 6.07) is 0.868. The largest absolute Gasteiger partial charge is 0.504 e. The van der Waals surface area contributed by atoms with Crippen molar-refractivity contribution in [3.05, 3.63) is 21.9 Å². The Morgan fingerprint density at radius 3 is 2.59 bits per heavy atom. The normalized spacial score (nSPS) is 10.1. The number of hydrogen-bond donors (Lipinski definition) is 2. The molecule has 0 fully saturated rings. The van der Waals surface area contributed by atoms with Gasteiger partial charge >= 0.3 is 5.97 Å². The van der Waals surface area contributed by atoms with Gasteiger partial charge in [-0.05, 0) is 22.9 Å². The van der Waals surface area contributed by atoms with E-state index in [1.54, 1.807) is 0 Å². The van der Waals surface area contributed by atoms with Crippen molar-refractivity contribution in [1.82, 2.24) is 0 Å². The van der Waals surface area contributed by atoms with E-state index in [4.69, 9.17) is 0 Å². The summed E-state index contributed by atoms with van der Waals surface area (Å²) in [5, 5.41) is 18.6. The first kappa shape index (κ1) is 13.4. The molecule has 0 spiro atoms. The van der Waals surface area contributed by atoms with E-state index in [-0.39, 0.29) is 11.1 Å². The molecule has 0 heterocycles. The third-order valence-corrected chi connectivity index (χ3v) is 2.44. The van der Waals surface area contributed by atoms with Gasteiger partial charge in [-0.3, -0.25) is 4.79 Å². The van der Waals surface area contributed by atoms with Crippen LogP contribution in [0.3, 0.4) is 0 Å². The van der Waals surface area contributed by atoms with Gasteiger partial charge in [0.2, 0.25) is 0 Å². The number of hydrogen-bond acceptors (Lipinski definition) is 5. The molecule has 0 aliphatic carbocycles. The minimum absolute atomic E-state index is 0.0626. The summed E-state index contributed by atoms with van der Waals surface area (Å²) in [7, 11) is 0. The molecule has 0 saturated heterocycles. The lowest BCUT2D eigenvalue weighted by Crippen LogP contribution is -2.19. The number of benzene rings is 1. The Kier molecular flexibility index (Phi) is 4.06. The molecule has 92 valence electrons. The van der Waals surface area contributed by atoms with Gasteiger partial charge in [0.25, 0.3) is 5.78 Å². The molecule has 7 heteroatoms. The van der Waals surface area contributed by atoms with Crippen LogP contribution in [0.5, 0.6) is 11.5 Å². The highest BCUT2D eigenvalue weighted by Gasteiger charge is 2.28. The fourth-order valence-corrected chi connectivity index (χ4v) is 1.52. The molecule has 0 aliphatic heterocycles. The quantitative estimate of drug-likeness (QED) is 0.385. The summed E-state index contributed by atoms with van der Waals surface area (Å²) < 4.78 is 17.7. The fourth-order valence-electron chi connectivity index (χ4n) is 1.11. The maximum Gasteiger partial charge on any atom is 0.379 e. The van der Waals surface area contributed by atoms with Gasteiger partial charge in [0, 0.05) is 6.07 Å². The van der Waals surface area contributed by atoms with E-state index in [0.29, 0.717) is 0 Å². The molecule has 0 saturated carbocycles. The Balaban J connectivity index is 3.31. The van der Waals surface area contributed by atoms with Crippen LogP contribution in [0.4, 0.5) is 4.39 Å². The second-order valence-corrected chi connectivity index (χ2v) is 3.82. The van der Waals surface area contributed by atoms with Crippen LogP contribution < -0.4 is 0 Å². The van der Waals surface area contributed by atoms with E-state index in [9.17, 15) is 24.2 Å². The molecule has 1 aromatic carbocycles. The molecule has 0 aliphatic rings. The Morgan fingerprint density at radius 1 is 1.47 bits per heavy atom. The van der Waals surface area contributed by atoms with Crippen molar-refractivity contribution in [2.75, 3.05) is 6.61 Å². The van der Waals surface area contributed by atoms with Gasteiger partial charge < -0.3 is 14.9 Å². The lowest BCUT2D eigenvalue weighted by molar-refractivity contribution is -0.137. The van der Waals surface area contributed by atoms with Crippen LogP contribution in [-0.4, -0.2) is 28.6 Å². The monoisotopic (exact) mass is 306 g/mol. The molecular weight excluding hydrogens is 299 g/mol. The highest BCUT2D eigenvalue weighted by Crippen LogP contribution is 2.35. The zero-order chi connectivity index (χ0) is 13.2. The van der Waals surface area contributed by atoms with Crippen LogP contribution in [-0.2, 0) is 9.53 Å². The third kappa shape index (κ3) is 2.55. The van der Waals surface area contributed by atoms with Crippen LogP contribution in [0.2, 0.25) is 0 Å². The number of carbonyl (C=O) groups excluding carboxylic acids is 2. The van der Waals surface area contributed by atoms with Crippen LogP contribution >= 0.6 is 15.9 Å². The van der Waals surface area contributed by atoms with Gasteiger partial charge in [0.05, 0.1) is 11.1 Å². The number of ketones is 1. The number of ether oxygens (including phenoxy) is 1. The van der Waals surface area contributed by atoms with Crippen LogP contribution in [0.15, 0.2) is 10.5 Å². The van der Waals surface area contributed by atoms with Crippen molar-refractivity contribution in [2.24, 2.45) is 0 Å². The number of halogens is 2. The maximum atomic E-state index is 13.5. The van der Waals surface area contributed by atoms with Crippen LogP contribution in [0.25, 0.3) is 0 Å². The fraction of sp³-hybridized carbons (Fsp3) is 0.200. The molecule has 1 aromatic rings. The van der Waals surface area contributed by atoms with Crippen molar-refractivity contribution in [1.29, 1.82) is 0 Å². The standard InChI is InChI=1S/C10H8BrFO5/c1-2-17-10(16)9(15)6-7(12)4(11)3-5(13)8(6)14/h3,13-14H,2H2,1H3. The second kappa shape index (κ2) is 5.13. The Labute approximate surface area is 104 Å². The van der Waals surface area contributed by atoms with Gasteiger partial charge in [0.1, 0.15) is 5.56 Å². The highest BCUT2D eigenvalue weighted by atomic mass is 79.9. The smallest absolute Gasteiger partial charge is 0.379 e. The van der Waals surface area contributed by atoms with Crippen LogP contribution in [0, 0.1) is 5.82 Å². The van der Waals surface area contributed by atoms with Crippen molar-refractivity contribution in [3.8, 4) is 11.5 Å². The maximum absolute atomic E-state index is 13.5. The van der Waals surface area contributed by atoms with Crippen molar-refractivity contribution in [2.45, 2.75) is 6.92 Å². The molecule has 0 aromatic heterocycles. The summed E-state index contributed by atoms with van der Waals surface area (Å²) in [5.74, 6) is -5.52. The summed E-state index contributed by atoms with van der Waals surface area (Å²) in [4.78, 5) is 22.6. The lowest BCUT2D eigenvalue weighted by atomic mass is 10.1. The molecule has 0 unspecified atom stereocenters. The van der Waals surface area contributed by atoms with Gasteiger partial charge in [-0.25, -0.2) is 9.18 Å². The van der Waals surface area contributed by atoms with Crippen molar-refractivity contribution >= 4 is 27.7 Å². The zero-order valence-corrected chi connectivity index (χ0v) is 10.2. The number of phenolic OH excluding ortho intramolecular Hbond substituents is 2. The van der Waals surface area contributed by atoms with E-state index in [0.717, 1.165) is 6.07 Å². The van der Waals surface area contributed by atoms with Crippen molar-refractivity contribution in [3.63, 3.8) is 0 Å². The number of carbonyl (C=O) groups is 2. The summed E-state index contributed by atoms with van der Waals surface area (Å²) >= 11 is 2.74. The van der Waals surface area contributed by atoms with Gasteiger partial charge in [-0.15, -0.1) is 0 Å². The Morgan fingerprint density at radius 2 is 2.06 bits per heavy atom. The second-order valence-electron chi connectivity index (χ2n) is 2.96. The summed E-state index contributed by atoms with van der Waals surface area (Å²) in [5.41, 5.74) is -0.921. The first-order valence-corrected chi connectivity index (χ1v) is 5.30. The SMILES string of the molecule is CCOC(=O)C(=O)c1c(O)c(O)cc(Br)c1F. The minimum atomic E-state index is -1.36. The summed E-state index contributed by atoms with van der Waals surface area (Å²) in [6.07, 6.45) is 0. The first-order valence-electron chi connectivity index (χ1n) is 4.51. The molecule has 5 nitrogen and oxygen atoms in total. The van der Waals surface area contributed by atoms with Crippen LogP contribution in [0.1, 0.15) is 17.3 Å². The summed E-state index contributed by atoms with van der Waals surface area (Å²) in [6.45, 7) is 1.41. The van der Waals surface area contributed by atoms with Gasteiger partial charge in [0.15, 0.2) is 17.3 Å². The number of aromatic hydroxyl groups is 2.